The molecule has 2 amide bonds. The van der Waals surface area contributed by atoms with E-state index in [1.807, 2.05) is 13.0 Å². The average Bonchev–Trinajstić information content (AvgIpc) is 3.39. The first-order valence-corrected chi connectivity index (χ1v) is 11.1. The molecule has 4 rings (SSSR count). The van der Waals surface area contributed by atoms with E-state index in [1.165, 1.54) is 25.3 Å². The lowest BCUT2D eigenvalue weighted by Crippen LogP contribution is -2.32. The van der Waals surface area contributed by atoms with Crippen LogP contribution in [0.4, 0.5) is 10.5 Å². The lowest BCUT2D eigenvalue weighted by molar-refractivity contribution is -0.384. The van der Waals surface area contributed by atoms with Gasteiger partial charge in [-0.25, -0.2) is 0 Å². The molecule has 34 heavy (non-hydrogen) atoms. The van der Waals surface area contributed by atoms with E-state index in [2.05, 4.69) is 0 Å². The molecule has 1 aliphatic rings. The maximum absolute atomic E-state index is 12.8. The van der Waals surface area contributed by atoms with E-state index < -0.39 is 16.1 Å². The van der Waals surface area contributed by atoms with Gasteiger partial charge in [0.1, 0.15) is 18.1 Å². The second kappa shape index (κ2) is 9.84. The van der Waals surface area contributed by atoms with Gasteiger partial charge in [0.25, 0.3) is 16.8 Å². The summed E-state index contributed by atoms with van der Waals surface area (Å²) >= 11 is 0.814. The lowest BCUT2D eigenvalue weighted by Gasteiger charge is -2.14. The molecule has 174 valence electrons. The number of nitro groups is 1. The quantitative estimate of drug-likeness (QED) is 0.243. The maximum Gasteiger partial charge on any atom is 0.293 e. The molecule has 2 aromatic carbocycles. The number of ether oxygens (including phenoxy) is 2. The number of amides is 2. The highest BCUT2D eigenvalue weighted by molar-refractivity contribution is 8.18. The normalized spacial score (nSPS) is 14.6. The van der Waals surface area contributed by atoms with Gasteiger partial charge in [0.05, 0.1) is 23.5 Å². The van der Waals surface area contributed by atoms with Crippen molar-refractivity contribution in [1.82, 2.24) is 4.90 Å². The van der Waals surface area contributed by atoms with Crippen molar-refractivity contribution >= 4 is 34.7 Å². The minimum atomic E-state index is -0.472. The number of carbonyl (C=O) groups excluding carboxylic acids is 2. The highest BCUT2D eigenvalue weighted by Gasteiger charge is 2.35. The van der Waals surface area contributed by atoms with Crippen molar-refractivity contribution in [3.8, 4) is 22.8 Å². The highest BCUT2D eigenvalue weighted by atomic mass is 32.2. The fourth-order valence-electron chi connectivity index (χ4n) is 3.37. The highest BCUT2D eigenvalue weighted by Crippen LogP contribution is 2.34. The first-order valence-electron chi connectivity index (χ1n) is 10.2. The van der Waals surface area contributed by atoms with Crippen LogP contribution in [0.15, 0.2) is 63.9 Å². The van der Waals surface area contributed by atoms with Crippen LogP contribution < -0.4 is 9.47 Å². The smallest absolute Gasteiger partial charge is 0.293 e. The molecule has 0 atom stereocenters. The summed E-state index contributed by atoms with van der Waals surface area (Å²) in [5, 5.41) is 10.7. The molecule has 0 radical (unpaired) electrons. The second-order valence-corrected chi connectivity index (χ2v) is 8.28. The average molecular weight is 480 g/mol. The number of nitro benzene ring substituents is 1. The summed E-state index contributed by atoms with van der Waals surface area (Å²) in [6, 6.07) is 14.9. The monoisotopic (exact) mass is 480 g/mol. The summed E-state index contributed by atoms with van der Waals surface area (Å²) in [6.45, 7) is 2.01. The zero-order chi connectivity index (χ0) is 24.2. The van der Waals surface area contributed by atoms with Gasteiger partial charge in [0.2, 0.25) is 0 Å². The number of non-ortho nitro benzene ring substituents is 1. The minimum absolute atomic E-state index is 0.0463. The Labute approximate surface area is 199 Å². The summed E-state index contributed by atoms with van der Waals surface area (Å²) in [7, 11) is 1.53. The first kappa shape index (κ1) is 23.1. The number of methoxy groups -OCH3 is 1. The van der Waals surface area contributed by atoms with Gasteiger partial charge in [0, 0.05) is 23.8 Å². The molecule has 3 aromatic rings. The minimum Gasteiger partial charge on any atom is -0.493 e. The largest absolute Gasteiger partial charge is 0.493 e. The number of rotatable bonds is 8. The summed E-state index contributed by atoms with van der Waals surface area (Å²) < 4.78 is 16.7. The molecule has 9 nitrogen and oxygen atoms in total. The van der Waals surface area contributed by atoms with Crippen LogP contribution in [0.5, 0.6) is 11.5 Å². The SMILES string of the molecule is COc1ccccc1OCCN1C(=O)S/C(=C\c2ccc(-c3cc([N+](=O)[O-])ccc3C)o2)C1=O. The Morgan fingerprint density at radius 3 is 2.62 bits per heavy atom. The standard InChI is InChI=1S/C24H20N2O7S/c1-15-7-8-16(26(29)30)13-18(15)19-10-9-17(33-19)14-22-23(27)25(24(28)34-22)11-12-32-21-6-4-3-5-20(21)31-2/h3-10,13-14H,11-12H2,1-2H3/b22-14-. The molecule has 0 bridgehead atoms. The fraction of sp³-hybridized carbons (Fsp3) is 0.167. The van der Waals surface area contributed by atoms with Gasteiger partial charge >= 0.3 is 0 Å². The number of imide groups is 1. The molecular weight excluding hydrogens is 460 g/mol. The number of aryl methyl sites for hydroxylation is 1. The van der Waals surface area contributed by atoms with E-state index >= 15 is 0 Å². The van der Waals surface area contributed by atoms with Crippen LogP contribution in [0.1, 0.15) is 11.3 Å². The Morgan fingerprint density at radius 1 is 1.12 bits per heavy atom. The molecule has 0 N–H and O–H groups in total. The van der Waals surface area contributed by atoms with Crippen LogP contribution in [0.2, 0.25) is 0 Å². The molecule has 0 saturated carbocycles. The Bertz CT molecular complexity index is 1300. The summed E-state index contributed by atoms with van der Waals surface area (Å²) in [5.41, 5.74) is 1.34. The predicted octanol–water partition coefficient (Wildman–Crippen LogP) is 5.29. The van der Waals surface area contributed by atoms with Crippen LogP contribution in [-0.4, -0.2) is 41.2 Å². The number of hydrogen-bond acceptors (Lipinski definition) is 8. The summed E-state index contributed by atoms with van der Waals surface area (Å²) in [5.74, 6) is 1.42. The molecule has 1 saturated heterocycles. The van der Waals surface area contributed by atoms with Crippen LogP contribution in [0, 0.1) is 17.0 Å². The number of thioether (sulfide) groups is 1. The molecule has 1 fully saturated rings. The Balaban J connectivity index is 1.45. The lowest BCUT2D eigenvalue weighted by atomic mass is 10.1. The number of furan rings is 1. The molecule has 10 heteroatoms. The molecule has 1 aromatic heterocycles. The van der Waals surface area contributed by atoms with E-state index in [-0.39, 0.29) is 23.7 Å². The van der Waals surface area contributed by atoms with Gasteiger partial charge in [-0.1, -0.05) is 18.2 Å². The number of para-hydroxylation sites is 2. The number of carbonyl (C=O) groups is 2. The Kier molecular flexibility index (Phi) is 6.69. The van der Waals surface area contributed by atoms with Crippen molar-refractivity contribution < 1.29 is 28.4 Å². The van der Waals surface area contributed by atoms with Gasteiger partial charge in [-0.3, -0.25) is 24.6 Å². The zero-order valence-corrected chi connectivity index (χ0v) is 19.2. The Hall–Kier alpha value is -4.05. The van der Waals surface area contributed by atoms with E-state index in [9.17, 15) is 19.7 Å². The molecule has 0 unspecified atom stereocenters. The summed E-state index contributed by atoms with van der Waals surface area (Å²) in [4.78, 5) is 37.1. The van der Waals surface area contributed by atoms with Crippen molar-refractivity contribution in [1.29, 1.82) is 0 Å². The van der Waals surface area contributed by atoms with Crippen molar-refractivity contribution in [2.75, 3.05) is 20.3 Å². The number of benzene rings is 2. The van der Waals surface area contributed by atoms with Crippen molar-refractivity contribution in [3.05, 3.63) is 80.9 Å². The fourth-order valence-corrected chi connectivity index (χ4v) is 4.22. The van der Waals surface area contributed by atoms with Crippen LogP contribution in [-0.2, 0) is 4.79 Å². The Morgan fingerprint density at radius 2 is 1.88 bits per heavy atom. The number of hydrogen-bond donors (Lipinski definition) is 0. The van der Waals surface area contributed by atoms with Crippen molar-refractivity contribution in [2.24, 2.45) is 0 Å². The van der Waals surface area contributed by atoms with Gasteiger partial charge < -0.3 is 13.9 Å². The van der Waals surface area contributed by atoms with Crippen LogP contribution >= 0.6 is 11.8 Å². The maximum atomic E-state index is 12.8. The van der Waals surface area contributed by atoms with Crippen LogP contribution in [0.25, 0.3) is 17.4 Å². The molecule has 0 aliphatic carbocycles. The first-order chi connectivity index (χ1) is 16.4. The third kappa shape index (κ3) is 4.81. The van der Waals surface area contributed by atoms with E-state index in [4.69, 9.17) is 13.9 Å². The topological polar surface area (TPSA) is 112 Å². The molecule has 2 heterocycles. The van der Waals surface area contributed by atoms with Gasteiger partial charge in [-0.05, 0) is 48.5 Å². The van der Waals surface area contributed by atoms with Crippen molar-refractivity contribution in [2.45, 2.75) is 6.92 Å². The predicted molar refractivity (Wildman–Crippen MR) is 127 cm³/mol. The van der Waals surface area contributed by atoms with Gasteiger partial charge in [-0.15, -0.1) is 0 Å². The van der Waals surface area contributed by atoms with Crippen molar-refractivity contribution in [3.63, 3.8) is 0 Å². The number of nitrogens with zero attached hydrogens (tertiary/aromatic N) is 2. The van der Waals surface area contributed by atoms with Crippen LogP contribution in [0.3, 0.4) is 0 Å². The van der Waals surface area contributed by atoms with Gasteiger partial charge in [0.15, 0.2) is 11.5 Å². The molecule has 1 aliphatic heterocycles. The molecular formula is C24H20N2O7S. The van der Waals surface area contributed by atoms with E-state index in [0.717, 1.165) is 22.2 Å². The zero-order valence-electron chi connectivity index (χ0n) is 18.3. The van der Waals surface area contributed by atoms with Gasteiger partial charge in [-0.2, -0.15) is 0 Å². The van der Waals surface area contributed by atoms with E-state index in [0.29, 0.717) is 28.6 Å². The third-order valence-corrected chi connectivity index (χ3v) is 6.02. The van der Waals surface area contributed by atoms with E-state index in [1.54, 1.807) is 36.4 Å². The second-order valence-electron chi connectivity index (χ2n) is 7.29. The third-order valence-electron chi connectivity index (χ3n) is 5.11. The molecule has 0 spiro atoms. The summed E-state index contributed by atoms with van der Waals surface area (Å²) in [6.07, 6.45) is 1.49.